The third kappa shape index (κ3) is 9.46. The van der Waals surface area contributed by atoms with Crippen LogP contribution in [0.4, 0.5) is 0 Å². The van der Waals surface area contributed by atoms with Crippen LogP contribution in [-0.4, -0.2) is 38.9 Å². The Bertz CT molecular complexity index is 2150. The van der Waals surface area contributed by atoms with Gasteiger partial charge in [-0.25, -0.2) is 4.98 Å². The number of nitrogens with one attached hydrogen (secondary N) is 1. The van der Waals surface area contributed by atoms with Crippen molar-refractivity contribution >= 4 is 23.6 Å². The molecule has 1 aliphatic rings. The Morgan fingerprint density at radius 2 is 1.41 bits per heavy atom. The fourth-order valence-corrected chi connectivity index (χ4v) is 7.85. The number of aromatic nitrogens is 1. The maximum Gasteiger partial charge on any atom is 0.303 e. The Morgan fingerprint density at radius 3 is 2.11 bits per heavy atom. The fourth-order valence-electron chi connectivity index (χ4n) is 6.86. The number of nitrogens with zero attached hydrogens (tertiary/aromatic N) is 1. The lowest BCUT2D eigenvalue weighted by Gasteiger charge is -2.41. The molecule has 56 heavy (non-hydrogen) atoms. The van der Waals surface area contributed by atoms with Crippen molar-refractivity contribution < 1.29 is 33.7 Å². The van der Waals surface area contributed by atoms with E-state index in [0.717, 1.165) is 56.0 Å². The van der Waals surface area contributed by atoms with Gasteiger partial charge in [-0.05, 0) is 34.2 Å². The number of hydrogen-bond acceptors (Lipinski definition) is 8. The second kappa shape index (κ2) is 18.4. The van der Waals surface area contributed by atoms with Gasteiger partial charge in [0.1, 0.15) is 5.69 Å². The van der Waals surface area contributed by atoms with Gasteiger partial charge in [-0.2, -0.15) is 0 Å². The molecule has 10 heteroatoms. The molecule has 4 atom stereocenters. The van der Waals surface area contributed by atoms with Crippen LogP contribution in [0.5, 0.6) is 0 Å². The largest absolute Gasteiger partial charge is 0.481 e. The highest BCUT2D eigenvalue weighted by atomic mass is 32.2. The molecule has 3 N–H and O–H groups in total. The second-order valence-corrected chi connectivity index (χ2v) is 14.8. The number of oxazole rings is 1. The molecule has 7 rings (SSSR count). The monoisotopic (exact) mass is 768 g/mol. The number of thioether (sulfide) groups is 1. The second-order valence-electron chi connectivity index (χ2n) is 13.8. The lowest BCUT2D eigenvalue weighted by molar-refractivity contribution is -0.268. The van der Waals surface area contributed by atoms with Gasteiger partial charge in [-0.15, -0.1) is 0 Å². The Morgan fingerprint density at radius 1 is 0.750 bits per heavy atom. The summed E-state index contributed by atoms with van der Waals surface area (Å²) in [4.78, 5) is 28.2. The molecule has 9 nitrogen and oxygen atoms in total. The number of ether oxygens (including phenoxy) is 2. The first-order valence-corrected chi connectivity index (χ1v) is 19.8. The number of aliphatic carboxylic acids is 1. The van der Waals surface area contributed by atoms with Crippen molar-refractivity contribution in [1.82, 2.24) is 10.3 Å². The van der Waals surface area contributed by atoms with E-state index in [1.54, 1.807) is 0 Å². The Kier molecular flexibility index (Phi) is 12.7. The summed E-state index contributed by atoms with van der Waals surface area (Å²) in [5.41, 5.74) is 8.34. The molecule has 1 amide bonds. The molecule has 5 aromatic carbocycles. The summed E-state index contributed by atoms with van der Waals surface area (Å²) in [5.74, 6) is 0.179. The maximum absolute atomic E-state index is 12.4. The molecule has 1 saturated heterocycles. The number of rotatable bonds is 15. The van der Waals surface area contributed by atoms with Crippen LogP contribution >= 0.6 is 11.8 Å². The summed E-state index contributed by atoms with van der Waals surface area (Å²) in [6.45, 7) is 2.43. The average molecular weight is 769 g/mol. The average Bonchev–Trinajstić information content (AvgIpc) is 3.68. The van der Waals surface area contributed by atoms with Crippen molar-refractivity contribution in [1.29, 1.82) is 0 Å². The van der Waals surface area contributed by atoms with E-state index in [1.807, 2.05) is 133 Å². The minimum atomic E-state index is -0.909. The van der Waals surface area contributed by atoms with Crippen LogP contribution in [0.3, 0.4) is 0 Å². The van der Waals surface area contributed by atoms with E-state index in [1.165, 1.54) is 11.8 Å². The van der Waals surface area contributed by atoms with Crippen LogP contribution in [0.2, 0.25) is 0 Å². The van der Waals surface area contributed by atoms with Crippen LogP contribution in [-0.2, 0) is 32.2 Å². The van der Waals surface area contributed by atoms with Gasteiger partial charge in [0.05, 0.1) is 18.8 Å². The highest BCUT2D eigenvalue weighted by Crippen LogP contribution is 2.44. The molecular formula is C46H44N2O7S. The molecule has 0 saturated carbocycles. The van der Waals surface area contributed by atoms with Gasteiger partial charge in [0, 0.05) is 47.7 Å². The third-order valence-electron chi connectivity index (χ3n) is 9.97. The molecule has 286 valence electrons. The summed E-state index contributed by atoms with van der Waals surface area (Å²) in [6.07, 6.45) is -0.738. The van der Waals surface area contributed by atoms with Crippen LogP contribution in [0.15, 0.2) is 143 Å². The molecule has 0 aliphatic carbocycles. The predicted octanol–water partition coefficient (Wildman–Crippen LogP) is 9.62. The number of carboxylic acid groups (broad SMARTS) is 1. The highest BCUT2D eigenvalue weighted by molar-refractivity contribution is 7.99. The zero-order valence-corrected chi connectivity index (χ0v) is 31.9. The van der Waals surface area contributed by atoms with E-state index >= 15 is 0 Å². The van der Waals surface area contributed by atoms with Gasteiger partial charge in [-0.3, -0.25) is 9.59 Å². The summed E-state index contributed by atoms with van der Waals surface area (Å²) in [5, 5.41) is 22.1. The summed E-state index contributed by atoms with van der Waals surface area (Å²) in [7, 11) is 0. The van der Waals surface area contributed by atoms with Crippen molar-refractivity contribution in [2.24, 2.45) is 5.92 Å². The van der Waals surface area contributed by atoms with E-state index in [2.05, 4.69) is 12.2 Å². The number of carbonyl (C=O) groups excluding carboxylic acids is 1. The molecule has 4 unspecified atom stereocenters. The predicted molar refractivity (Wildman–Crippen MR) is 216 cm³/mol. The van der Waals surface area contributed by atoms with E-state index in [0.29, 0.717) is 23.9 Å². The molecule has 0 spiro atoms. The molecule has 0 bridgehead atoms. The number of aliphatic hydroxyl groups is 1. The summed E-state index contributed by atoms with van der Waals surface area (Å²) < 4.78 is 19.9. The Balaban J connectivity index is 1.11. The van der Waals surface area contributed by atoms with Crippen LogP contribution in [0.25, 0.3) is 33.7 Å². The topological polar surface area (TPSA) is 131 Å². The SMILES string of the molecule is CC1C(CSc2nc(-c3ccccc3)c(-c3ccccc3)o2)OC(c2ccc(-c3ccccc3CNC(=O)CCCC(=O)O)cc2)OC1c1ccc(CO)cc1. The lowest BCUT2D eigenvalue weighted by Crippen LogP contribution is -2.38. The Hall–Kier alpha value is -5.52. The van der Waals surface area contributed by atoms with E-state index < -0.39 is 12.3 Å². The molecule has 0 radical (unpaired) electrons. The quantitative estimate of drug-likeness (QED) is 0.0875. The molecule has 2 heterocycles. The van der Waals surface area contributed by atoms with Crippen molar-refractivity contribution in [3.05, 3.63) is 156 Å². The van der Waals surface area contributed by atoms with Crippen molar-refractivity contribution in [2.45, 2.75) is 63.1 Å². The standard InChI is InChI=1S/C46H44N2O7S/c1-30-39(29-56-46-48-42(33-11-4-2-5-12-33)44(55-46)34-13-6-3-7-14-34)53-45(54-43(30)35-21-19-31(28-49)20-22-35)36-25-23-32(24-26-36)38-16-9-8-15-37(38)27-47-40(50)17-10-18-41(51)52/h2-9,11-16,19-26,30,39,43,45,49H,10,17-18,27-29H2,1H3,(H,47,50)(H,51,52). The van der Waals surface area contributed by atoms with E-state index in [4.69, 9.17) is 24.0 Å². The first-order valence-electron chi connectivity index (χ1n) is 18.8. The van der Waals surface area contributed by atoms with Gasteiger partial charge in [-0.1, -0.05) is 152 Å². The van der Waals surface area contributed by atoms with Crippen LogP contribution in [0, 0.1) is 5.92 Å². The van der Waals surface area contributed by atoms with Gasteiger partial charge < -0.3 is 29.4 Å². The Labute approximate surface area is 330 Å². The number of carbonyl (C=O) groups is 2. The van der Waals surface area contributed by atoms with Crippen molar-refractivity contribution in [2.75, 3.05) is 5.75 Å². The fraction of sp³-hybridized carbons (Fsp3) is 0.239. The first-order chi connectivity index (χ1) is 27.4. The third-order valence-corrected chi connectivity index (χ3v) is 10.9. The van der Waals surface area contributed by atoms with E-state index in [9.17, 15) is 14.7 Å². The first kappa shape index (κ1) is 38.7. The number of carboxylic acids is 1. The molecule has 1 fully saturated rings. The van der Waals surface area contributed by atoms with Gasteiger partial charge in [0.2, 0.25) is 5.91 Å². The van der Waals surface area contributed by atoms with Gasteiger partial charge in [0.15, 0.2) is 12.1 Å². The van der Waals surface area contributed by atoms with Gasteiger partial charge >= 0.3 is 5.97 Å². The number of amides is 1. The highest BCUT2D eigenvalue weighted by Gasteiger charge is 2.38. The normalized spacial score (nSPS) is 18.0. The van der Waals surface area contributed by atoms with Crippen molar-refractivity contribution in [3.63, 3.8) is 0 Å². The smallest absolute Gasteiger partial charge is 0.303 e. The maximum atomic E-state index is 12.4. The minimum Gasteiger partial charge on any atom is -0.481 e. The number of aliphatic hydroxyl groups excluding tert-OH is 1. The van der Waals surface area contributed by atoms with Crippen LogP contribution in [0.1, 0.15) is 60.8 Å². The number of hydrogen-bond donors (Lipinski definition) is 3. The zero-order valence-electron chi connectivity index (χ0n) is 31.0. The van der Waals surface area contributed by atoms with Crippen LogP contribution < -0.4 is 5.32 Å². The molecule has 1 aliphatic heterocycles. The molecular weight excluding hydrogens is 725 g/mol. The number of benzene rings is 5. The molecule has 6 aromatic rings. The van der Waals surface area contributed by atoms with Gasteiger partial charge in [0.25, 0.3) is 5.22 Å². The minimum absolute atomic E-state index is 0.0265. The summed E-state index contributed by atoms with van der Waals surface area (Å²) >= 11 is 1.52. The zero-order chi connectivity index (χ0) is 38.9. The van der Waals surface area contributed by atoms with Crippen molar-refractivity contribution in [3.8, 4) is 33.7 Å². The van der Waals surface area contributed by atoms with E-state index in [-0.39, 0.29) is 43.5 Å². The summed E-state index contributed by atoms with van der Waals surface area (Å²) in [6, 6.07) is 43.9. The molecule has 1 aromatic heterocycles. The lowest BCUT2D eigenvalue weighted by atomic mass is 9.91.